The number of nitriles is 2. The van der Waals surface area contributed by atoms with E-state index in [1.54, 1.807) is 33.6 Å². The number of aromatic nitrogens is 4. The molecule has 4 aromatic heterocycles. The minimum Gasteiger partial charge on any atom is -0.514 e. The first-order chi connectivity index (χ1) is 20.9. The first kappa shape index (κ1) is 27.4. The van der Waals surface area contributed by atoms with E-state index in [1.165, 1.54) is 0 Å². The van der Waals surface area contributed by atoms with E-state index >= 15 is 0 Å². The second-order valence-electron chi connectivity index (χ2n) is 10.9. The first-order valence-electron chi connectivity index (χ1n) is 13.6. The number of para-hydroxylation sites is 2. The van der Waals surface area contributed by atoms with Crippen molar-refractivity contribution in [2.24, 2.45) is 0 Å². The Hall–Kier alpha value is -5.43. The van der Waals surface area contributed by atoms with Gasteiger partial charge in [-0.3, -0.25) is 9.36 Å². The average Bonchev–Trinajstić information content (AvgIpc) is 3.84. The molecule has 0 saturated heterocycles. The minimum absolute atomic E-state index is 0. The van der Waals surface area contributed by atoms with Gasteiger partial charge in [-0.05, 0) is 49.5 Å². The number of rotatable bonds is 4. The fourth-order valence-electron chi connectivity index (χ4n) is 5.62. The Morgan fingerprint density at radius 2 is 1.14 bits per heavy atom. The molecule has 0 radical (unpaired) electrons. The number of hydrogen-bond acceptors (Lipinski definition) is 6. The Kier molecular flexibility index (Phi) is 6.28. The van der Waals surface area contributed by atoms with Crippen LogP contribution in [0, 0.1) is 34.8 Å². The van der Waals surface area contributed by atoms with Gasteiger partial charge >= 0.3 is 21.1 Å². The standard InChI is InChI=1S/C35H20N6O2.Pt/c1-35(2,31-13-15-40(38-31)23-9-11-29-27(17-23)25-7-3-5-21(19-36)33(25)42-29)32-14-16-41(39-32)24-10-12-30-28(18-24)26-8-4-6-22(20-37)34(26)43-30;/h3-8,11-18H,1-2H3;/q-2;+2. The average molecular weight is 752 g/mol. The normalized spacial score (nSPS) is 11.6. The van der Waals surface area contributed by atoms with Crippen LogP contribution in [0.3, 0.4) is 0 Å². The predicted molar refractivity (Wildman–Crippen MR) is 161 cm³/mol. The fraction of sp³-hybridized carbons (Fsp3) is 0.0857. The van der Waals surface area contributed by atoms with Crippen LogP contribution >= 0.6 is 0 Å². The van der Waals surface area contributed by atoms with Gasteiger partial charge < -0.3 is 8.83 Å². The predicted octanol–water partition coefficient (Wildman–Crippen LogP) is 7.52. The van der Waals surface area contributed by atoms with Crippen molar-refractivity contribution < 1.29 is 29.9 Å². The van der Waals surface area contributed by atoms with Crippen LogP contribution < -0.4 is 0 Å². The van der Waals surface area contributed by atoms with Gasteiger partial charge in [-0.25, -0.2) is 0 Å². The Morgan fingerprint density at radius 3 is 1.57 bits per heavy atom. The maximum absolute atomic E-state index is 9.47. The fourth-order valence-corrected chi connectivity index (χ4v) is 5.62. The minimum atomic E-state index is -0.501. The van der Waals surface area contributed by atoms with Gasteiger partial charge in [0.25, 0.3) is 0 Å². The third-order valence-corrected chi connectivity index (χ3v) is 8.02. The van der Waals surface area contributed by atoms with Crippen LogP contribution in [0.2, 0.25) is 0 Å². The SMILES string of the molecule is CC(C)(c1ccn(-c2[c-]cc3oc4c(C#N)cccc4c3c2)n1)c1ccn(-c2[c-]cc3oc4c(C#N)cccc4c3c2)n1.[Pt+2]. The second kappa shape index (κ2) is 10.1. The molecule has 8 aromatic rings. The molecule has 0 spiro atoms. The van der Waals surface area contributed by atoms with Crippen LogP contribution in [0.25, 0.3) is 55.3 Å². The van der Waals surface area contributed by atoms with E-state index in [0.717, 1.165) is 44.3 Å². The van der Waals surface area contributed by atoms with E-state index in [4.69, 9.17) is 19.0 Å². The summed E-state index contributed by atoms with van der Waals surface area (Å²) >= 11 is 0. The Bertz CT molecular complexity index is 2310. The van der Waals surface area contributed by atoms with Crippen LogP contribution in [0.5, 0.6) is 0 Å². The Labute approximate surface area is 265 Å². The maximum atomic E-state index is 9.47. The molecule has 0 aliphatic rings. The molecular formula is C35H20N6O2Pt. The van der Waals surface area contributed by atoms with E-state index in [-0.39, 0.29) is 21.1 Å². The molecule has 0 aliphatic carbocycles. The summed E-state index contributed by atoms with van der Waals surface area (Å²) in [5, 5.41) is 32.3. The summed E-state index contributed by atoms with van der Waals surface area (Å²) in [5.41, 5.74) is 6.22. The topological polar surface area (TPSA) is 109 Å². The van der Waals surface area contributed by atoms with E-state index in [9.17, 15) is 10.5 Å². The molecular weight excluding hydrogens is 732 g/mol. The molecule has 0 N–H and O–H groups in total. The van der Waals surface area contributed by atoms with Crippen LogP contribution in [0.4, 0.5) is 0 Å². The molecule has 0 saturated carbocycles. The van der Waals surface area contributed by atoms with Crippen LogP contribution in [-0.2, 0) is 26.5 Å². The van der Waals surface area contributed by atoms with Crippen molar-refractivity contribution in [1.29, 1.82) is 10.5 Å². The number of hydrogen-bond donors (Lipinski definition) is 0. The van der Waals surface area contributed by atoms with Gasteiger partial charge in [0, 0.05) is 34.3 Å². The molecule has 212 valence electrons. The number of nitrogens with zero attached hydrogens (tertiary/aromatic N) is 6. The summed E-state index contributed by atoms with van der Waals surface area (Å²) in [6, 6.07) is 33.5. The molecule has 0 aliphatic heterocycles. The van der Waals surface area contributed by atoms with Crippen LogP contribution in [0.1, 0.15) is 36.4 Å². The number of furan rings is 2. The molecule has 4 heterocycles. The molecule has 0 amide bonds. The van der Waals surface area contributed by atoms with Crippen molar-refractivity contribution in [1.82, 2.24) is 19.6 Å². The van der Waals surface area contributed by atoms with Crippen molar-refractivity contribution in [2.45, 2.75) is 19.3 Å². The maximum Gasteiger partial charge on any atom is 2.00 e. The van der Waals surface area contributed by atoms with Crippen molar-refractivity contribution in [2.75, 3.05) is 0 Å². The number of benzene rings is 4. The Morgan fingerprint density at radius 1 is 0.682 bits per heavy atom. The van der Waals surface area contributed by atoms with E-state index in [2.05, 4.69) is 38.1 Å². The quantitative estimate of drug-likeness (QED) is 0.172. The van der Waals surface area contributed by atoms with E-state index in [0.29, 0.717) is 33.5 Å². The summed E-state index contributed by atoms with van der Waals surface area (Å²) in [7, 11) is 0. The van der Waals surface area contributed by atoms with Gasteiger partial charge in [0.2, 0.25) is 0 Å². The van der Waals surface area contributed by atoms with Gasteiger partial charge in [0.15, 0.2) is 0 Å². The molecule has 4 aromatic carbocycles. The Balaban J connectivity index is 0.00000312. The van der Waals surface area contributed by atoms with Crippen molar-refractivity contribution in [3.63, 3.8) is 0 Å². The summed E-state index contributed by atoms with van der Waals surface area (Å²) < 4.78 is 15.5. The molecule has 0 fully saturated rings. The van der Waals surface area contributed by atoms with Gasteiger partial charge in [0.05, 0.1) is 27.9 Å². The molecule has 0 bridgehead atoms. The van der Waals surface area contributed by atoms with E-state index in [1.807, 2.05) is 60.9 Å². The van der Waals surface area contributed by atoms with Crippen molar-refractivity contribution >= 4 is 43.9 Å². The smallest absolute Gasteiger partial charge is 0.514 e. The van der Waals surface area contributed by atoms with Crippen molar-refractivity contribution in [3.05, 3.63) is 120 Å². The third-order valence-electron chi connectivity index (χ3n) is 8.02. The summed E-state index contributed by atoms with van der Waals surface area (Å²) in [6.07, 6.45) is 3.83. The zero-order valence-corrected chi connectivity index (χ0v) is 25.7. The van der Waals surface area contributed by atoms with Crippen LogP contribution in [0.15, 0.2) is 94.0 Å². The first-order valence-corrected chi connectivity index (χ1v) is 13.6. The van der Waals surface area contributed by atoms with Gasteiger partial charge in [-0.1, -0.05) is 35.0 Å². The van der Waals surface area contributed by atoms with Gasteiger partial charge in [0.1, 0.15) is 23.3 Å². The molecule has 9 heteroatoms. The van der Waals surface area contributed by atoms with Gasteiger partial charge in [-0.2, -0.15) is 32.9 Å². The third kappa shape index (κ3) is 4.07. The zero-order valence-electron chi connectivity index (χ0n) is 23.4. The number of fused-ring (bicyclic) bond motifs is 6. The largest absolute Gasteiger partial charge is 2.00 e. The molecule has 8 rings (SSSR count). The molecule has 0 unspecified atom stereocenters. The second-order valence-corrected chi connectivity index (χ2v) is 10.9. The van der Waals surface area contributed by atoms with Gasteiger partial charge in [-0.15, -0.1) is 24.3 Å². The molecule has 0 atom stereocenters. The summed E-state index contributed by atoms with van der Waals surface area (Å²) in [6.45, 7) is 4.18. The summed E-state index contributed by atoms with van der Waals surface area (Å²) in [4.78, 5) is 0. The monoisotopic (exact) mass is 751 g/mol. The molecule has 44 heavy (non-hydrogen) atoms. The zero-order chi connectivity index (χ0) is 29.3. The summed E-state index contributed by atoms with van der Waals surface area (Å²) in [5.74, 6) is 0. The van der Waals surface area contributed by atoms with Crippen LogP contribution in [-0.4, -0.2) is 19.6 Å². The molecule has 8 nitrogen and oxygen atoms in total. The van der Waals surface area contributed by atoms with Crippen molar-refractivity contribution in [3.8, 4) is 23.5 Å². The van der Waals surface area contributed by atoms with E-state index < -0.39 is 5.41 Å².